The summed E-state index contributed by atoms with van der Waals surface area (Å²) in [5.74, 6) is 0. The van der Waals surface area contributed by atoms with E-state index in [1.165, 1.54) is 12.3 Å². The summed E-state index contributed by atoms with van der Waals surface area (Å²) in [4.78, 5) is 4.01. The van der Waals surface area contributed by atoms with Crippen LogP contribution in [0.4, 0.5) is 0 Å². The Morgan fingerprint density at radius 3 is 2.86 bits per heavy atom. The van der Waals surface area contributed by atoms with Crippen LogP contribution in [0, 0.1) is 0 Å². The molecule has 4 nitrogen and oxygen atoms in total. The van der Waals surface area contributed by atoms with Crippen molar-refractivity contribution < 1.29 is 8.42 Å². The van der Waals surface area contributed by atoms with Gasteiger partial charge in [-0.1, -0.05) is 0 Å². The highest BCUT2D eigenvalue weighted by Gasteiger charge is 2.11. The van der Waals surface area contributed by atoms with Crippen LogP contribution in [-0.4, -0.2) is 18.0 Å². The molecule has 0 aliphatic rings. The van der Waals surface area contributed by atoms with E-state index in [0.717, 1.165) is 11.0 Å². The van der Waals surface area contributed by atoms with Crippen LogP contribution in [0.3, 0.4) is 0 Å². The minimum atomic E-state index is -3.69. The summed E-state index contributed by atoms with van der Waals surface area (Å²) in [5.41, 5.74) is 1.49. The highest BCUT2D eigenvalue weighted by atomic mass is 35.7. The lowest BCUT2D eigenvalue weighted by Gasteiger charge is -1.98. The zero-order valence-electron chi connectivity index (χ0n) is 7.31. The molecule has 0 unspecified atom stereocenters. The van der Waals surface area contributed by atoms with Crippen molar-refractivity contribution in [1.82, 2.24) is 9.55 Å². The van der Waals surface area contributed by atoms with Gasteiger partial charge in [-0.25, -0.2) is 8.42 Å². The molecule has 0 atom stereocenters. The maximum atomic E-state index is 11.0. The molecule has 0 bridgehead atoms. The molecule has 0 aromatic carbocycles. The van der Waals surface area contributed by atoms with Gasteiger partial charge in [0, 0.05) is 30.1 Å². The molecule has 14 heavy (non-hydrogen) atoms. The first-order valence-electron chi connectivity index (χ1n) is 3.84. The summed E-state index contributed by atoms with van der Waals surface area (Å²) < 4.78 is 23.8. The molecule has 2 heterocycles. The second kappa shape index (κ2) is 2.96. The molecule has 2 aromatic heterocycles. The van der Waals surface area contributed by atoms with Crippen LogP contribution in [0.1, 0.15) is 0 Å². The molecule has 0 aliphatic heterocycles. The molecule has 6 heteroatoms. The van der Waals surface area contributed by atoms with Crippen molar-refractivity contribution in [2.24, 2.45) is 7.05 Å². The van der Waals surface area contributed by atoms with Gasteiger partial charge < -0.3 is 4.57 Å². The van der Waals surface area contributed by atoms with Crippen LogP contribution < -0.4 is 0 Å². The van der Waals surface area contributed by atoms with Crippen molar-refractivity contribution in [2.45, 2.75) is 4.90 Å². The molecule has 2 rings (SSSR count). The summed E-state index contributed by atoms with van der Waals surface area (Å²) in [6.07, 6.45) is 3.06. The van der Waals surface area contributed by atoms with Crippen molar-refractivity contribution >= 4 is 30.8 Å². The fourth-order valence-electron chi connectivity index (χ4n) is 1.25. The topological polar surface area (TPSA) is 52.0 Å². The number of nitrogens with zero attached hydrogens (tertiary/aromatic N) is 2. The van der Waals surface area contributed by atoms with Crippen molar-refractivity contribution in [2.75, 3.05) is 0 Å². The average Bonchev–Trinajstić information content (AvgIpc) is 2.46. The first-order valence-corrected chi connectivity index (χ1v) is 6.15. The van der Waals surface area contributed by atoms with Gasteiger partial charge in [0.25, 0.3) is 9.05 Å². The summed E-state index contributed by atoms with van der Waals surface area (Å²) in [6, 6.07) is 3.31. The van der Waals surface area contributed by atoms with Crippen LogP contribution >= 0.6 is 10.7 Å². The van der Waals surface area contributed by atoms with E-state index in [2.05, 4.69) is 4.98 Å². The van der Waals surface area contributed by atoms with Gasteiger partial charge in [-0.05, 0) is 12.1 Å². The molecule has 0 spiro atoms. The average molecular weight is 231 g/mol. The number of aromatic nitrogens is 2. The molecule has 0 saturated carbocycles. The van der Waals surface area contributed by atoms with Crippen LogP contribution in [0.5, 0.6) is 0 Å². The monoisotopic (exact) mass is 230 g/mol. The number of rotatable bonds is 1. The Morgan fingerprint density at radius 2 is 2.21 bits per heavy atom. The molecule has 0 amide bonds. The first kappa shape index (κ1) is 9.48. The standard InChI is InChI=1S/C8H7ClN2O2S/c1-11-3-2-7-8(11)4-6(5-10-7)14(9,12)13/h2-5H,1H3. The van der Waals surface area contributed by atoms with E-state index in [-0.39, 0.29) is 4.90 Å². The third kappa shape index (κ3) is 1.49. The third-order valence-corrected chi connectivity index (χ3v) is 3.31. The molecule has 74 valence electrons. The fourth-order valence-corrected chi connectivity index (χ4v) is 1.94. The van der Waals surface area contributed by atoms with Crippen molar-refractivity contribution in [3.63, 3.8) is 0 Å². The summed E-state index contributed by atoms with van der Waals surface area (Å²) in [6.45, 7) is 0. The lowest BCUT2D eigenvalue weighted by atomic mass is 10.4. The molecular formula is C8H7ClN2O2S. The maximum Gasteiger partial charge on any atom is 0.262 e. The predicted molar refractivity (Wildman–Crippen MR) is 53.8 cm³/mol. The van der Waals surface area contributed by atoms with Crippen LogP contribution in [0.15, 0.2) is 29.4 Å². The summed E-state index contributed by atoms with van der Waals surface area (Å²) in [7, 11) is 3.32. The van der Waals surface area contributed by atoms with Crippen molar-refractivity contribution in [1.29, 1.82) is 0 Å². The Bertz CT molecular complexity index is 588. The Kier molecular flexibility index (Phi) is 2.01. The van der Waals surface area contributed by atoms with Gasteiger partial charge in [-0.3, -0.25) is 4.98 Å². The number of pyridine rings is 1. The van der Waals surface area contributed by atoms with E-state index in [1.807, 2.05) is 13.2 Å². The first-order chi connectivity index (χ1) is 6.48. The van der Waals surface area contributed by atoms with Crippen LogP contribution in [0.2, 0.25) is 0 Å². The minimum Gasteiger partial charge on any atom is -0.349 e. The molecule has 0 aliphatic carbocycles. The van der Waals surface area contributed by atoms with E-state index >= 15 is 0 Å². The zero-order chi connectivity index (χ0) is 10.3. The van der Waals surface area contributed by atoms with E-state index < -0.39 is 9.05 Å². The van der Waals surface area contributed by atoms with Gasteiger partial charge in [0.2, 0.25) is 0 Å². The van der Waals surface area contributed by atoms with Gasteiger partial charge in [0.15, 0.2) is 0 Å². The van der Waals surface area contributed by atoms with Gasteiger partial charge in [0.1, 0.15) is 4.90 Å². The Labute approximate surface area is 85.5 Å². The van der Waals surface area contributed by atoms with Gasteiger partial charge in [-0.15, -0.1) is 0 Å². The van der Waals surface area contributed by atoms with Crippen molar-refractivity contribution in [3.8, 4) is 0 Å². The van der Waals surface area contributed by atoms with Crippen LogP contribution in [-0.2, 0) is 16.1 Å². The number of fused-ring (bicyclic) bond motifs is 1. The zero-order valence-corrected chi connectivity index (χ0v) is 8.88. The maximum absolute atomic E-state index is 11.0. The van der Waals surface area contributed by atoms with E-state index in [4.69, 9.17) is 10.7 Å². The van der Waals surface area contributed by atoms with Gasteiger partial charge >= 0.3 is 0 Å². The second-order valence-corrected chi connectivity index (χ2v) is 5.51. The molecule has 0 N–H and O–H groups in total. The molecule has 0 radical (unpaired) electrons. The smallest absolute Gasteiger partial charge is 0.262 e. The highest BCUT2D eigenvalue weighted by Crippen LogP contribution is 2.19. The second-order valence-electron chi connectivity index (χ2n) is 2.94. The van der Waals surface area contributed by atoms with Gasteiger partial charge in [-0.2, -0.15) is 0 Å². The molecule has 2 aromatic rings. The Morgan fingerprint density at radius 1 is 1.50 bits per heavy atom. The summed E-state index contributed by atoms with van der Waals surface area (Å²) in [5, 5.41) is 0. The van der Waals surface area contributed by atoms with E-state index in [1.54, 1.807) is 10.6 Å². The van der Waals surface area contributed by atoms with Crippen molar-refractivity contribution in [3.05, 3.63) is 24.5 Å². The summed E-state index contributed by atoms with van der Waals surface area (Å²) >= 11 is 0. The highest BCUT2D eigenvalue weighted by molar-refractivity contribution is 8.13. The normalized spacial score (nSPS) is 12.1. The lowest BCUT2D eigenvalue weighted by Crippen LogP contribution is -1.93. The number of halogens is 1. The largest absolute Gasteiger partial charge is 0.349 e. The number of aryl methyl sites for hydroxylation is 1. The van der Waals surface area contributed by atoms with E-state index in [9.17, 15) is 8.42 Å². The number of hydrogen-bond acceptors (Lipinski definition) is 3. The quantitative estimate of drug-likeness (QED) is 0.698. The van der Waals surface area contributed by atoms with E-state index in [0.29, 0.717) is 0 Å². The SMILES string of the molecule is Cn1ccc2ncc(S(=O)(=O)Cl)cc21. The number of hydrogen-bond donors (Lipinski definition) is 0. The molecular weight excluding hydrogens is 224 g/mol. The molecule has 0 saturated heterocycles. The molecule has 0 fully saturated rings. The Balaban J connectivity index is 2.79. The predicted octanol–water partition coefficient (Wildman–Crippen LogP) is 1.50. The lowest BCUT2D eigenvalue weighted by molar-refractivity contribution is 0.609. The fraction of sp³-hybridized carbons (Fsp3) is 0.125. The Hall–Kier alpha value is -1.07. The minimum absolute atomic E-state index is 0.0217. The van der Waals surface area contributed by atoms with Gasteiger partial charge in [0.05, 0.1) is 11.0 Å². The third-order valence-electron chi connectivity index (χ3n) is 1.99. The van der Waals surface area contributed by atoms with Crippen LogP contribution in [0.25, 0.3) is 11.0 Å².